The molecule has 182 valence electrons. The number of hydroxylamine groups is 1. The summed E-state index contributed by atoms with van der Waals surface area (Å²) < 4.78 is 0. The molecule has 33 heavy (non-hydrogen) atoms. The van der Waals surface area contributed by atoms with Crippen LogP contribution < -0.4 is 21.8 Å². The van der Waals surface area contributed by atoms with Gasteiger partial charge in [0.1, 0.15) is 6.04 Å². The summed E-state index contributed by atoms with van der Waals surface area (Å²) in [6.45, 7) is 5.02. The van der Waals surface area contributed by atoms with Gasteiger partial charge in [-0.25, -0.2) is 5.48 Å². The number of benzene rings is 1. The van der Waals surface area contributed by atoms with E-state index < -0.39 is 17.9 Å². The Morgan fingerprint density at radius 1 is 1.09 bits per heavy atom. The molecule has 9 nitrogen and oxygen atoms in total. The molecule has 2 unspecified atom stereocenters. The highest BCUT2D eigenvalue weighted by Gasteiger charge is 2.28. The lowest BCUT2D eigenvalue weighted by atomic mass is 9.92. The molecule has 0 radical (unpaired) electrons. The molecule has 0 aliphatic carbocycles. The normalized spacial score (nSPS) is 13.0. The number of aromatic amines is 1. The van der Waals surface area contributed by atoms with E-state index >= 15 is 0 Å². The van der Waals surface area contributed by atoms with Crippen LogP contribution in [-0.2, 0) is 20.8 Å². The molecule has 9 heteroatoms. The molecule has 2 aromatic rings. The van der Waals surface area contributed by atoms with Crippen LogP contribution in [0, 0.1) is 11.8 Å². The zero-order valence-electron chi connectivity index (χ0n) is 19.5. The molecule has 7 N–H and O–H groups in total. The molecule has 0 aliphatic rings. The third kappa shape index (κ3) is 8.51. The Kier molecular flexibility index (Phi) is 10.9. The van der Waals surface area contributed by atoms with Crippen LogP contribution in [0.2, 0.25) is 0 Å². The second-order valence-corrected chi connectivity index (χ2v) is 8.83. The fourth-order valence-corrected chi connectivity index (χ4v) is 3.92. The van der Waals surface area contributed by atoms with Crippen LogP contribution in [0.15, 0.2) is 30.5 Å². The molecular formula is C24H37N5O4. The number of rotatable bonds is 14. The van der Waals surface area contributed by atoms with E-state index in [2.05, 4.69) is 15.6 Å². The Hall–Kier alpha value is -2.91. The van der Waals surface area contributed by atoms with E-state index in [9.17, 15) is 14.4 Å². The van der Waals surface area contributed by atoms with Gasteiger partial charge in [0.2, 0.25) is 17.7 Å². The van der Waals surface area contributed by atoms with E-state index in [1.54, 1.807) is 5.48 Å². The summed E-state index contributed by atoms with van der Waals surface area (Å²) in [5, 5.41) is 15.7. The summed E-state index contributed by atoms with van der Waals surface area (Å²) in [6.07, 6.45) is 5.09. The number of carbonyl (C=O) groups is 3. The fourth-order valence-electron chi connectivity index (χ4n) is 3.92. The largest absolute Gasteiger partial charge is 0.361 e. The number of fused-ring (bicyclic) bond motifs is 1. The number of carbonyl (C=O) groups excluding carboxylic acids is 3. The van der Waals surface area contributed by atoms with Crippen molar-refractivity contribution in [2.45, 2.75) is 58.4 Å². The molecular weight excluding hydrogens is 422 g/mol. The molecule has 1 aromatic heterocycles. The number of para-hydroxylation sites is 1. The Morgan fingerprint density at radius 3 is 2.55 bits per heavy atom. The average Bonchev–Trinajstić information content (AvgIpc) is 3.20. The van der Waals surface area contributed by atoms with Gasteiger partial charge in [-0.3, -0.25) is 19.6 Å². The first-order chi connectivity index (χ1) is 15.8. The number of unbranched alkanes of at least 4 members (excludes halogenated alkanes) is 2. The summed E-state index contributed by atoms with van der Waals surface area (Å²) in [6, 6.07) is 6.99. The number of hydrogen-bond donors (Lipinski definition) is 6. The van der Waals surface area contributed by atoms with Crippen LogP contribution in [0.5, 0.6) is 0 Å². The van der Waals surface area contributed by atoms with E-state index in [1.807, 2.05) is 44.3 Å². The lowest BCUT2D eigenvalue weighted by Gasteiger charge is -2.23. The minimum absolute atomic E-state index is 0.152. The van der Waals surface area contributed by atoms with Gasteiger partial charge >= 0.3 is 0 Å². The lowest BCUT2D eigenvalue weighted by Crippen LogP contribution is -2.50. The summed E-state index contributed by atoms with van der Waals surface area (Å²) in [5.41, 5.74) is 8.98. The summed E-state index contributed by atoms with van der Waals surface area (Å²) in [7, 11) is 0. The number of nitrogens with two attached hydrogens (primary N) is 1. The van der Waals surface area contributed by atoms with Crippen molar-refractivity contribution < 1.29 is 19.6 Å². The van der Waals surface area contributed by atoms with Crippen LogP contribution >= 0.6 is 0 Å². The third-order valence-corrected chi connectivity index (χ3v) is 5.60. The van der Waals surface area contributed by atoms with Gasteiger partial charge < -0.3 is 21.4 Å². The molecule has 0 aliphatic heterocycles. The quantitative estimate of drug-likeness (QED) is 0.145. The van der Waals surface area contributed by atoms with E-state index in [4.69, 9.17) is 10.9 Å². The van der Waals surface area contributed by atoms with E-state index in [-0.39, 0.29) is 24.2 Å². The highest BCUT2D eigenvalue weighted by molar-refractivity contribution is 5.91. The number of nitrogens with one attached hydrogen (secondary N) is 4. The summed E-state index contributed by atoms with van der Waals surface area (Å²) >= 11 is 0. The van der Waals surface area contributed by atoms with Crippen LogP contribution in [0.4, 0.5) is 0 Å². The van der Waals surface area contributed by atoms with Crippen molar-refractivity contribution in [1.82, 2.24) is 21.1 Å². The smallest absolute Gasteiger partial charge is 0.244 e. The van der Waals surface area contributed by atoms with Crippen LogP contribution in [0.1, 0.15) is 51.5 Å². The first-order valence-corrected chi connectivity index (χ1v) is 11.6. The first-order valence-electron chi connectivity index (χ1n) is 11.6. The monoisotopic (exact) mass is 459 g/mol. The van der Waals surface area contributed by atoms with Gasteiger partial charge in [0.25, 0.3) is 0 Å². The van der Waals surface area contributed by atoms with E-state index in [1.165, 1.54) is 0 Å². The van der Waals surface area contributed by atoms with E-state index in [0.29, 0.717) is 25.9 Å². The first kappa shape index (κ1) is 26.3. The number of amides is 3. The second-order valence-electron chi connectivity index (χ2n) is 8.83. The number of hydrogen-bond acceptors (Lipinski definition) is 5. The average molecular weight is 460 g/mol. The van der Waals surface area contributed by atoms with Crippen LogP contribution in [-0.4, -0.2) is 47.0 Å². The van der Waals surface area contributed by atoms with Crippen molar-refractivity contribution in [1.29, 1.82) is 0 Å². The van der Waals surface area contributed by atoms with Gasteiger partial charge in [-0.15, -0.1) is 0 Å². The van der Waals surface area contributed by atoms with E-state index in [0.717, 1.165) is 35.7 Å². The maximum Gasteiger partial charge on any atom is 0.244 e. The fraction of sp³-hybridized carbons (Fsp3) is 0.542. The molecule has 0 bridgehead atoms. The summed E-state index contributed by atoms with van der Waals surface area (Å²) in [4.78, 5) is 41.0. The van der Waals surface area contributed by atoms with Crippen molar-refractivity contribution in [3.8, 4) is 0 Å². The Bertz CT molecular complexity index is 911. The summed E-state index contributed by atoms with van der Waals surface area (Å²) in [5.74, 6) is -1.77. The van der Waals surface area contributed by atoms with Gasteiger partial charge in [0.05, 0.1) is 0 Å². The maximum atomic E-state index is 13.1. The molecule has 3 amide bonds. The van der Waals surface area contributed by atoms with Crippen LogP contribution in [0.25, 0.3) is 10.9 Å². The third-order valence-electron chi connectivity index (χ3n) is 5.60. The van der Waals surface area contributed by atoms with Gasteiger partial charge in [0.15, 0.2) is 0 Å². The predicted octanol–water partition coefficient (Wildman–Crippen LogP) is 2.00. The minimum Gasteiger partial charge on any atom is -0.361 e. The predicted molar refractivity (Wildman–Crippen MR) is 127 cm³/mol. The maximum absolute atomic E-state index is 13.1. The van der Waals surface area contributed by atoms with Gasteiger partial charge in [-0.05, 0) is 43.4 Å². The lowest BCUT2D eigenvalue weighted by molar-refractivity contribution is -0.136. The Morgan fingerprint density at radius 2 is 1.85 bits per heavy atom. The van der Waals surface area contributed by atoms with Crippen molar-refractivity contribution in [3.05, 3.63) is 36.0 Å². The molecule has 0 saturated carbocycles. The van der Waals surface area contributed by atoms with Crippen molar-refractivity contribution in [3.63, 3.8) is 0 Å². The molecule has 0 saturated heterocycles. The molecule has 1 heterocycles. The van der Waals surface area contributed by atoms with Crippen molar-refractivity contribution in [2.75, 3.05) is 13.1 Å². The zero-order chi connectivity index (χ0) is 24.2. The molecule has 2 atom stereocenters. The minimum atomic E-state index is -0.793. The number of aromatic nitrogens is 1. The Balaban J connectivity index is 2.16. The molecule has 2 rings (SSSR count). The van der Waals surface area contributed by atoms with Crippen molar-refractivity contribution in [2.24, 2.45) is 17.6 Å². The second kappa shape index (κ2) is 13.6. The van der Waals surface area contributed by atoms with Crippen LogP contribution in [0.3, 0.4) is 0 Å². The molecule has 0 spiro atoms. The van der Waals surface area contributed by atoms with Crippen molar-refractivity contribution >= 4 is 28.6 Å². The number of H-pyrrole nitrogens is 1. The topological polar surface area (TPSA) is 149 Å². The van der Waals surface area contributed by atoms with Gasteiger partial charge in [-0.2, -0.15) is 0 Å². The molecule has 0 fully saturated rings. The van der Waals surface area contributed by atoms with Gasteiger partial charge in [-0.1, -0.05) is 38.5 Å². The SMILES string of the molecule is CC(C)CC(CC(=O)NO)C(=O)NC(Cc1c[nH]c2ccccc12)C(=O)NCCCCCN. The molecule has 1 aromatic carbocycles. The van der Waals surface area contributed by atoms with Gasteiger partial charge in [0, 0.05) is 42.4 Å². The highest BCUT2D eigenvalue weighted by atomic mass is 16.5. The standard InChI is InChI=1S/C24H37N5O4/c1-16(2)12-17(14-22(30)29-33)23(31)28-21(24(32)26-11-7-3-6-10-25)13-18-15-27-20-9-5-4-8-19(18)20/h4-5,8-9,15-17,21,27,33H,3,6-7,10-14,25H2,1-2H3,(H,26,32)(H,28,31)(H,29,30). The highest BCUT2D eigenvalue weighted by Crippen LogP contribution is 2.20. The zero-order valence-corrected chi connectivity index (χ0v) is 19.5. The Labute approximate surface area is 194 Å².